The van der Waals surface area contributed by atoms with E-state index in [1.165, 1.54) is 4.68 Å². The molecule has 26 heavy (non-hydrogen) atoms. The summed E-state index contributed by atoms with van der Waals surface area (Å²) >= 11 is 0. The third kappa shape index (κ3) is 3.94. The van der Waals surface area contributed by atoms with Crippen molar-refractivity contribution in [2.24, 2.45) is 11.8 Å². The van der Waals surface area contributed by atoms with Gasteiger partial charge in [0, 0.05) is 18.8 Å². The van der Waals surface area contributed by atoms with Gasteiger partial charge in [-0.3, -0.25) is 9.48 Å². The molecule has 2 aromatic heterocycles. The van der Waals surface area contributed by atoms with Gasteiger partial charge in [0.1, 0.15) is 5.76 Å². The number of carbonyl (C=O) groups is 1. The summed E-state index contributed by atoms with van der Waals surface area (Å²) in [6.45, 7) is 7.19. The summed E-state index contributed by atoms with van der Waals surface area (Å²) < 4.78 is 45.1. The first-order valence-electron chi connectivity index (χ1n) is 8.63. The van der Waals surface area contributed by atoms with E-state index in [-0.39, 0.29) is 18.2 Å². The van der Waals surface area contributed by atoms with Gasteiger partial charge in [-0.25, -0.2) is 0 Å². The SMILES string of the molecule is Cc1cc(C(F)(F)F)nn1Cc1ccc(C(=O)N2CC(C)CC(C)C2)o1. The van der Waals surface area contributed by atoms with E-state index in [9.17, 15) is 18.0 Å². The Morgan fingerprint density at radius 1 is 1.27 bits per heavy atom. The van der Waals surface area contributed by atoms with E-state index in [4.69, 9.17) is 4.42 Å². The lowest BCUT2D eigenvalue weighted by atomic mass is 9.92. The number of likely N-dealkylation sites (tertiary alicyclic amines) is 1. The van der Waals surface area contributed by atoms with Crippen molar-refractivity contribution >= 4 is 5.91 Å². The van der Waals surface area contributed by atoms with Crippen LogP contribution in [0.3, 0.4) is 0 Å². The summed E-state index contributed by atoms with van der Waals surface area (Å²) in [4.78, 5) is 14.4. The molecular weight excluding hydrogens is 347 g/mol. The minimum absolute atomic E-state index is 0.0436. The molecule has 5 nitrogen and oxygen atoms in total. The molecule has 0 N–H and O–H groups in total. The van der Waals surface area contributed by atoms with Crippen LogP contribution in [0.4, 0.5) is 13.2 Å². The highest BCUT2D eigenvalue weighted by molar-refractivity contribution is 5.91. The standard InChI is InChI=1S/C18H22F3N3O2/c1-11-6-12(2)9-23(8-11)17(25)15-5-4-14(26-15)10-24-13(3)7-16(22-24)18(19,20)21/h4-5,7,11-12H,6,8-10H2,1-3H3. The lowest BCUT2D eigenvalue weighted by molar-refractivity contribution is -0.141. The molecule has 0 spiro atoms. The topological polar surface area (TPSA) is 51.3 Å². The number of amides is 1. The summed E-state index contributed by atoms with van der Waals surface area (Å²) in [6.07, 6.45) is -3.39. The fourth-order valence-electron chi connectivity index (χ4n) is 3.52. The van der Waals surface area contributed by atoms with E-state index < -0.39 is 11.9 Å². The molecule has 3 heterocycles. The first kappa shape index (κ1) is 18.5. The summed E-state index contributed by atoms with van der Waals surface area (Å²) in [7, 11) is 0. The van der Waals surface area contributed by atoms with Gasteiger partial charge >= 0.3 is 6.18 Å². The molecule has 0 aliphatic carbocycles. The van der Waals surface area contributed by atoms with E-state index in [1.807, 2.05) is 0 Å². The maximum absolute atomic E-state index is 12.7. The van der Waals surface area contributed by atoms with Crippen molar-refractivity contribution < 1.29 is 22.4 Å². The number of furan rings is 1. The van der Waals surface area contributed by atoms with Crippen molar-refractivity contribution in [3.63, 3.8) is 0 Å². The number of halogens is 3. The van der Waals surface area contributed by atoms with Crippen molar-refractivity contribution in [2.75, 3.05) is 13.1 Å². The van der Waals surface area contributed by atoms with Crippen LogP contribution in [0, 0.1) is 18.8 Å². The van der Waals surface area contributed by atoms with Crippen LogP contribution >= 0.6 is 0 Å². The van der Waals surface area contributed by atoms with Crippen molar-refractivity contribution in [3.05, 3.63) is 41.1 Å². The molecule has 2 aromatic rings. The number of piperidine rings is 1. The van der Waals surface area contributed by atoms with Crippen LogP contribution in [-0.2, 0) is 12.7 Å². The highest BCUT2D eigenvalue weighted by Crippen LogP contribution is 2.29. The molecule has 0 bridgehead atoms. The number of hydrogen-bond donors (Lipinski definition) is 0. The Kier molecular flexibility index (Phi) is 4.86. The van der Waals surface area contributed by atoms with Gasteiger partial charge in [-0.15, -0.1) is 0 Å². The van der Waals surface area contributed by atoms with Crippen molar-refractivity contribution in [1.29, 1.82) is 0 Å². The molecule has 8 heteroatoms. The number of carbonyl (C=O) groups excluding carboxylic acids is 1. The lowest BCUT2D eigenvalue weighted by Gasteiger charge is -2.34. The third-order valence-electron chi connectivity index (χ3n) is 4.61. The molecule has 1 aliphatic heterocycles. The average Bonchev–Trinajstić information content (AvgIpc) is 3.13. The number of hydrogen-bond acceptors (Lipinski definition) is 3. The predicted molar refractivity (Wildman–Crippen MR) is 88.6 cm³/mol. The maximum atomic E-state index is 12.7. The molecule has 2 atom stereocenters. The largest absolute Gasteiger partial charge is 0.454 e. The molecule has 0 saturated carbocycles. The summed E-state index contributed by atoms with van der Waals surface area (Å²) in [5.41, 5.74) is -0.561. The Hall–Kier alpha value is -2.25. The van der Waals surface area contributed by atoms with Gasteiger partial charge in [-0.1, -0.05) is 13.8 Å². The van der Waals surface area contributed by atoms with Gasteiger partial charge in [0.25, 0.3) is 5.91 Å². The van der Waals surface area contributed by atoms with E-state index >= 15 is 0 Å². The third-order valence-corrected chi connectivity index (χ3v) is 4.61. The van der Waals surface area contributed by atoms with E-state index in [0.29, 0.717) is 36.4 Å². The van der Waals surface area contributed by atoms with Gasteiger partial charge in [-0.05, 0) is 43.4 Å². The Bertz CT molecular complexity index is 784. The average molecular weight is 369 g/mol. The van der Waals surface area contributed by atoms with Crippen LogP contribution in [-0.4, -0.2) is 33.7 Å². The normalized spacial score (nSPS) is 21.2. The number of alkyl halides is 3. The molecule has 1 fully saturated rings. The molecule has 1 amide bonds. The first-order chi connectivity index (χ1) is 12.1. The first-order valence-corrected chi connectivity index (χ1v) is 8.63. The van der Waals surface area contributed by atoms with Crippen LogP contribution in [0.5, 0.6) is 0 Å². The van der Waals surface area contributed by atoms with Gasteiger partial charge in [0.05, 0.1) is 6.54 Å². The molecule has 1 saturated heterocycles. The zero-order valence-electron chi connectivity index (χ0n) is 15.0. The second kappa shape index (κ2) is 6.81. The molecule has 0 radical (unpaired) electrons. The van der Waals surface area contributed by atoms with Gasteiger partial charge in [-0.2, -0.15) is 18.3 Å². The van der Waals surface area contributed by atoms with Crippen LogP contribution in [0.15, 0.2) is 22.6 Å². The Balaban J connectivity index is 1.72. The zero-order chi connectivity index (χ0) is 19.1. The predicted octanol–water partition coefficient (Wildman–Crippen LogP) is 3.97. The fraction of sp³-hybridized carbons (Fsp3) is 0.556. The summed E-state index contributed by atoms with van der Waals surface area (Å²) in [5.74, 6) is 1.30. The number of nitrogens with zero attached hydrogens (tertiary/aromatic N) is 3. The lowest BCUT2D eigenvalue weighted by Crippen LogP contribution is -2.42. The van der Waals surface area contributed by atoms with Crippen molar-refractivity contribution in [2.45, 2.75) is 39.9 Å². The van der Waals surface area contributed by atoms with Crippen molar-refractivity contribution in [1.82, 2.24) is 14.7 Å². The molecule has 0 aromatic carbocycles. The fourth-order valence-corrected chi connectivity index (χ4v) is 3.52. The summed E-state index contributed by atoms with van der Waals surface area (Å²) in [6, 6.07) is 4.18. The monoisotopic (exact) mass is 369 g/mol. The van der Waals surface area contributed by atoms with Crippen LogP contribution in [0.25, 0.3) is 0 Å². The summed E-state index contributed by atoms with van der Waals surface area (Å²) in [5, 5.41) is 3.58. The Morgan fingerprint density at radius 3 is 2.50 bits per heavy atom. The Morgan fingerprint density at radius 2 is 1.92 bits per heavy atom. The van der Waals surface area contributed by atoms with E-state index in [1.54, 1.807) is 24.0 Å². The molecule has 3 rings (SSSR count). The smallest absolute Gasteiger partial charge is 0.435 e. The number of aromatic nitrogens is 2. The van der Waals surface area contributed by atoms with Gasteiger partial charge < -0.3 is 9.32 Å². The Labute approximate surface area is 149 Å². The molecule has 1 aliphatic rings. The zero-order valence-corrected chi connectivity index (χ0v) is 15.0. The highest BCUT2D eigenvalue weighted by Gasteiger charge is 2.34. The van der Waals surface area contributed by atoms with Crippen LogP contribution in [0.1, 0.15) is 48.0 Å². The van der Waals surface area contributed by atoms with Gasteiger partial charge in [0.15, 0.2) is 11.5 Å². The number of rotatable bonds is 3. The quantitative estimate of drug-likeness (QED) is 0.823. The second-order valence-corrected chi connectivity index (χ2v) is 7.25. The minimum Gasteiger partial charge on any atom is -0.454 e. The van der Waals surface area contributed by atoms with Crippen molar-refractivity contribution in [3.8, 4) is 0 Å². The highest BCUT2D eigenvalue weighted by atomic mass is 19.4. The number of aryl methyl sites for hydroxylation is 1. The second-order valence-electron chi connectivity index (χ2n) is 7.25. The minimum atomic E-state index is -4.48. The van der Waals surface area contributed by atoms with Gasteiger partial charge in [0.2, 0.25) is 0 Å². The molecule has 142 valence electrons. The van der Waals surface area contributed by atoms with Crippen LogP contribution < -0.4 is 0 Å². The van der Waals surface area contributed by atoms with E-state index in [0.717, 1.165) is 12.5 Å². The molecular formula is C18H22F3N3O2. The van der Waals surface area contributed by atoms with Crippen LogP contribution in [0.2, 0.25) is 0 Å². The van der Waals surface area contributed by atoms with E-state index in [2.05, 4.69) is 18.9 Å². The maximum Gasteiger partial charge on any atom is 0.435 e. The molecule has 2 unspecified atom stereocenters.